The molecule has 0 atom stereocenters. The molecule has 0 unspecified atom stereocenters. The van der Waals surface area contributed by atoms with Crippen molar-refractivity contribution in [2.24, 2.45) is 0 Å². The summed E-state index contributed by atoms with van der Waals surface area (Å²) in [5.74, 6) is -0.423. The average molecular weight is 462 g/mol. The van der Waals surface area contributed by atoms with Crippen LogP contribution in [-0.4, -0.2) is 36.6 Å². The molecule has 2 aromatic rings. The van der Waals surface area contributed by atoms with Gasteiger partial charge in [-0.3, -0.25) is 19.8 Å². The monoisotopic (exact) mass is 461 g/mol. The number of amides is 2. The normalized spacial score (nSPS) is 18.8. The fourth-order valence-corrected chi connectivity index (χ4v) is 4.58. The lowest BCUT2D eigenvalue weighted by Gasteiger charge is -2.41. The zero-order chi connectivity index (χ0) is 24.1. The number of hydrogen-bond acceptors (Lipinski definition) is 5. The number of fused-ring (bicyclic) bond motifs is 1. The van der Waals surface area contributed by atoms with Crippen molar-refractivity contribution in [3.05, 3.63) is 64.7 Å². The fourth-order valence-electron chi connectivity index (χ4n) is 4.30. The molecule has 4 rings (SSSR count). The molecule has 170 valence electrons. The number of thiocarbonyl (C=S) groups is 1. The van der Waals surface area contributed by atoms with Crippen LogP contribution in [0.3, 0.4) is 0 Å². The number of benzene rings is 2. The molecule has 0 bridgehead atoms. The van der Waals surface area contributed by atoms with Crippen molar-refractivity contribution in [2.45, 2.75) is 33.2 Å². The van der Waals surface area contributed by atoms with Crippen molar-refractivity contribution in [3.8, 4) is 5.75 Å². The van der Waals surface area contributed by atoms with Crippen LogP contribution in [0.5, 0.6) is 5.75 Å². The number of carbonyl (C=O) groups is 2. The highest BCUT2D eigenvalue weighted by atomic mass is 32.1. The first-order chi connectivity index (χ1) is 15.5. The predicted octanol–water partition coefficient (Wildman–Crippen LogP) is 4.47. The van der Waals surface area contributed by atoms with Gasteiger partial charge in [0.1, 0.15) is 11.3 Å². The molecule has 0 aliphatic carbocycles. The highest BCUT2D eigenvalue weighted by molar-refractivity contribution is 7.80. The van der Waals surface area contributed by atoms with E-state index in [-0.39, 0.29) is 16.2 Å². The smallest absolute Gasteiger partial charge is 0.270 e. The van der Waals surface area contributed by atoms with Crippen LogP contribution < -0.4 is 19.9 Å². The van der Waals surface area contributed by atoms with E-state index in [0.29, 0.717) is 17.0 Å². The maximum Gasteiger partial charge on any atom is 0.270 e. The summed E-state index contributed by atoms with van der Waals surface area (Å²) in [6.45, 7) is 8.29. The van der Waals surface area contributed by atoms with Crippen LogP contribution in [0.15, 0.2) is 48.0 Å². The van der Waals surface area contributed by atoms with Gasteiger partial charge < -0.3 is 9.64 Å². The Hall–Kier alpha value is -3.45. The van der Waals surface area contributed by atoms with Crippen LogP contribution in [0, 0.1) is 6.92 Å². The SMILES string of the molecule is COc1cc2c(cc1/C=C1/C(=O)NC(=S)N(c3cccc(C)c3)C1=O)C(C)=CC(C)(C)N2C. The minimum Gasteiger partial charge on any atom is -0.496 e. The lowest BCUT2D eigenvalue weighted by atomic mass is 9.88. The Kier molecular flexibility index (Phi) is 5.62. The summed E-state index contributed by atoms with van der Waals surface area (Å²) in [7, 11) is 3.62. The third-order valence-electron chi connectivity index (χ3n) is 6.23. The molecule has 1 N–H and O–H groups in total. The van der Waals surface area contributed by atoms with E-state index in [2.05, 4.69) is 37.1 Å². The molecule has 0 radical (unpaired) electrons. The van der Waals surface area contributed by atoms with Gasteiger partial charge in [-0.25, -0.2) is 0 Å². The van der Waals surface area contributed by atoms with Crippen molar-refractivity contribution in [2.75, 3.05) is 24.0 Å². The molecule has 7 heteroatoms. The van der Waals surface area contributed by atoms with Gasteiger partial charge in [0.25, 0.3) is 11.8 Å². The first-order valence-corrected chi connectivity index (χ1v) is 11.1. The maximum absolute atomic E-state index is 13.4. The predicted molar refractivity (Wildman–Crippen MR) is 137 cm³/mol. The molecular weight excluding hydrogens is 434 g/mol. The van der Waals surface area contributed by atoms with Crippen molar-refractivity contribution in [1.29, 1.82) is 0 Å². The second kappa shape index (κ2) is 8.15. The topological polar surface area (TPSA) is 61.9 Å². The molecule has 2 heterocycles. The minimum absolute atomic E-state index is 0.00511. The van der Waals surface area contributed by atoms with E-state index in [1.807, 2.05) is 44.3 Å². The van der Waals surface area contributed by atoms with Crippen LogP contribution in [0.2, 0.25) is 0 Å². The first-order valence-electron chi connectivity index (χ1n) is 10.7. The van der Waals surface area contributed by atoms with Gasteiger partial charge in [0.15, 0.2) is 5.11 Å². The Labute approximate surface area is 199 Å². The van der Waals surface area contributed by atoms with Crippen molar-refractivity contribution in [3.63, 3.8) is 0 Å². The van der Waals surface area contributed by atoms with Crippen molar-refractivity contribution >= 4 is 52.2 Å². The standard InChI is InChI=1S/C26H27N3O3S/c1-15-8-7-9-18(10-15)29-24(31)20(23(30)27-25(29)33)12-17-11-19-16(2)14-26(3,4)28(5)21(19)13-22(17)32-6/h7-14H,1-6H3,(H,27,30,33)/b20-12-. The Balaban J connectivity index is 1.82. The van der Waals surface area contributed by atoms with Gasteiger partial charge in [-0.1, -0.05) is 18.2 Å². The number of allylic oxidation sites excluding steroid dienone is 1. The lowest BCUT2D eigenvalue weighted by Crippen LogP contribution is -2.54. The van der Waals surface area contributed by atoms with E-state index in [9.17, 15) is 9.59 Å². The van der Waals surface area contributed by atoms with Gasteiger partial charge in [-0.15, -0.1) is 0 Å². The van der Waals surface area contributed by atoms with Crippen molar-refractivity contribution < 1.29 is 14.3 Å². The van der Waals surface area contributed by atoms with E-state index >= 15 is 0 Å². The number of rotatable bonds is 3. The van der Waals surface area contributed by atoms with Gasteiger partial charge in [0.05, 0.1) is 18.3 Å². The molecule has 2 aliphatic rings. The highest BCUT2D eigenvalue weighted by Gasteiger charge is 2.35. The summed E-state index contributed by atoms with van der Waals surface area (Å²) in [5.41, 5.74) is 5.26. The number of ether oxygens (including phenoxy) is 1. The Morgan fingerprint density at radius 3 is 2.52 bits per heavy atom. The van der Waals surface area contributed by atoms with Crippen molar-refractivity contribution in [1.82, 2.24) is 5.32 Å². The highest BCUT2D eigenvalue weighted by Crippen LogP contribution is 2.42. The number of anilines is 2. The van der Waals surface area contributed by atoms with E-state index in [1.165, 1.54) is 4.90 Å². The molecule has 1 saturated heterocycles. The number of aryl methyl sites for hydroxylation is 1. The van der Waals surface area contributed by atoms with Gasteiger partial charge in [0, 0.05) is 29.9 Å². The van der Waals surface area contributed by atoms with Crippen LogP contribution in [0.4, 0.5) is 11.4 Å². The number of nitrogens with zero attached hydrogens (tertiary/aromatic N) is 2. The maximum atomic E-state index is 13.4. The third kappa shape index (κ3) is 3.93. The van der Waals surface area contributed by atoms with E-state index in [0.717, 1.165) is 22.4 Å². The summed E-state index contributed by atoms with van der Waals surface area (Å²) < 4.78 is 5.65. The molecule has 2 aromatic carbocycles. The summed E-state index contributed by atoms with van der Waals surface area (Å²) in [6.07, 6.45) is 3.78. The van der Waals surface area contributed by atoms with Gasteiger partial charge >= 0.3 is 0 Å². The second-order valence-corrected chi connectivity index (χ2v) is 9.33. The molecule has 33 heavy (non-hydrogen) atoms. The summed E-state index contributed by atoms with van der Waals surface area (Å²) in [5, 5.41) is 2.71. The van der Waals surface area contributed by atoms with E-state index in [1.54, 1.807) is 19.3 Å². The Morgan fingerprint density at radius 2 is 1.85 bits per heavy atom. The molecule has 0 saturated carbocycles. The molecular formula is C26H27N3O3S. The third-order valence-corrected chi connectivity index (χ3v) is 6.51. The largest absolute Gasteiger partial charge is 0.496 e. The molecule has 2 aliphatic heterocycles. The summed E-state index contributed by atoms with van der Waals surface area (Å²) in [4.78, 5) is 29.7. The lowest BCUT2D eigenvalue weighted by molar-refractivity contribution is -0.122. The quantitative estimate of drug-likeness (QED) is 0.415. The second-order valence-electron chi connectivity index (χ2n) is 8.95. The molecule has 0 spiro atoms. The molecule has 0 aromatic heterocycles. The van der Waals surface area contributed by atoms with Gasteiger partial charge in [-0.05, 0) is 75.3 Å². The van der Waals surface area contributed by atoms with Crippen LogP contribution >= 0.6 is 12.2 Å². The number of likely N-dealkylation sites (N-methyl/N-ethyl adjacent to an activating group) is 1. The Morgan fingerprint density at radius 1 is 1.12 bits per heavy atom. The number of nitrogens with one attached hydrogen (secondary N) is 1. The van der Waals surface area contributed by atoms with Crippen LogP contribution in [0.1, 0.15) is 37.5 Å². The summed E-state index contributed by atoms with van der Waals surface area (Å²) in [6, 6.07) is 11.3. The zero-order valence-corrected chi connectivity index (χ0v) is 20.5. The van der Waals surface area contributed by atoms with Gasteiger partial charge in [-0.2, -0.15) is 0 Å². The number of carbonyl (C=O) groups excluding carboxylic acids is 2. The zero-order valence-electron chi connectivity index (χ0n) is 19.6. The molecule has 2 amide bonds. The Bertz CT molecular complexity index is 1260. The molecule has 1 fully saturated rings. The van der Waals surface area contributed by atoms with E-state index in [4.69, 9.17) is 17.0 Å². The molecule has 6 nitrogen and oxygen atoms in total. The van der Waals surface area contributed by atoms with Crippen LogP contribution in [-0.2, 0) is 9.59 Å². The average Bonchev–Trinajstić information content (AvgIpc) is 2.74. The van der Waals surface area contributed by atoms with E-state index < -0.39 is 11.8 Å². The minimum atomic E-state index is -0.529. The number of hydrogen-bond donors (Lipinski definition) is 1. The van der Waals surface area contributed by atoms with Gasteiger partial charge in [0.2, 0.25) is 0 Å². The number of methoxy groups -OCH3 is 1. The fraction of sp³-hybridized carbons (Fsp3) is 0.269. The van der Waals surface area contributed by atoms with Crippen LogP contribution in [0.25, 0.3) is 11.6 Å². The summed E-state index contributed by atoms with van der Waals surface area (Å²) >= 11 is 5.31. The first kappa shape index (κ1) is 22.7.